The van der Waals surface area contributed by atoms with Gasteiger partial charge < -0.3 is 9.64 Å². The lowest BCUT2D eigenvalue weighted by molar-refractivity contribution is 0.285. The molecule has 1 aromatic carbocycles. The first-order chi connectivity index (χ1) is 16.6. The third-order valence-electron chi connectivity index (χ3n) is 6.08. The molecule has 1 aliphatic rings. The summed E-state index contributed by atoms with van der Waals surface area (Å²) in [5.74, 6) is 1.28. The van der Waals surface area contributed by atoms with Gasteiger partial charge in [0.05, 0.1) is 16.4 Å². The molecule has 0 bridgehead atoms. The first-order valence-corrected chi connectivity index (χ1v) is 12.1. The minimum atomic E-state index is -0.473. The summed E-state index contributed by atoms with van der Waals surface area (Å²) in [5, 5.41) is 14.0. The molecule has 4 heterocycles. The molecule has 1 fully saturated rings. The van der Waals surface area contributed by atoms with Crippen LogP contribution in [0.3, 0.4) is 0 Å². The number of ether oxygens (including phenoxy) is 1. The van der Waals surface area contributed by atoms with Crippen molar-refractivity contribution < 1.29 is 9.13 Å². The van der Waals surface area contributed by atoms with Gasteiger partial charge in [0.2, 0.25) is 5.95 Å². The molecule has 2 atom stereocenters. The van der Waals surface area contributed by atoms with Crippen LogP contribution in [0.15, 0.2) is 42.3 Å². The van der Waals surface area contributed by atoms with Gasteiger partial charge in [0.1, 0.15) is 12.9 Å². The van der Waals surface area contributed by atoms with Gasteiger partial charge >= 0.3 is 0 Å². The van der Waals surface area contributed by atoms with E-state index in [0.29, 0.717) is 17.5 Å². The van der Waals surface area contributed by atoms with Crippen molar-refractivity contribution >= 4 is 17.3 Å². The Balaban J connectivity index is 1.19. The molecule has 1 aliphatic heterocycles. The molecule has 5 rings (SSSR count). The Morgan fingerprint density at radius 2 is 2.09 bits per heavy atom. The molecule has 0 amide bonds. The number of thiazole rings is 1. The van der Waals surface area contributed by atoms with Crippen molar-refractivity contribution in [3.05, 3.63) is 64.4 Å². The monoisotopic (exact) mass is 480 g/mol. The van der Waals surface area contributed by atoms with E-state index < -0.39 is 5.82 Å². The van der Waals surface area contributed by atoms with Crippen molar-refractivity contribution in [3.8, 4) is 11.4 Å². The van der Waals surface area contributed by atoms with E-state index in [0.717, 1.165) is 48.1 Å². The van der Waals surface area contributed by atoms with Crippen molar-refractivity contribution in [1.29, 1.82) is 0 Å². The van der Waals surface area contributed by atoms with E-state index in [1.165, 1.54) is 17.1 Å². The molecule has 1 saturated heterocycles. The fourth-order valence-electron chi connectivity index (χ4n) is 4.13. The second kappa shape index (κ2) is 9.80. The summed E-state index contributed by atoms with van der Waals surface area (Å²) < 4.78 is 21.6. The highest BCUT2D eigenvalue weighted by molar-refractivity contribution is 7.09. The Morgan fingerprint density at radius 3 is 2.79 bits per heavy atom. The van der Waals surface area contributed by atoms with Crippen molar-refractivity contribution in [1.82, 2.24) is 35.2 Å². The highest BCUT2D eigenvalue weighted by Gasteiger charge is 2.30. The second-order valence-corrected chi connectivity index (χ2v) is 9.29. The minimum absolute atomic E-state index is 0.169. The van der Waals surface area contributed by atoms with Crippen LogP contribution in [0.1, 0.15) is 42.5 Å². The van der Waals surface area contributed by atoms with E-state index >= 15 is 0 Å². The Hall–Kier alpha value is -3.47. The molecule has 0 saturated carbocycles. The van der Waals surface area contributed by atoms with Crippen LogP contribution in [-0.4, -0.2) is 48.2 Å². The maximum atomic E-state index is 14.5. The predicted octanol–water partition coefficient (Wildman–Crippen LogP) is 3.82. The Bertz CT molecular complexity index is 1230. The number of hydrogen-bond acceptors (Lipinski definition) is 9. The number of rotatable bonds is 7. The van der Waals surface area contributed by atoms with Crippen LogP contribution in [0.2, 0.25) is 0 Å². The van der Waals surface area contributed by atoms with Gasteiger partial charge in [0, 0.05) is 42.8 Å². The first kappa shape index (κ1) is 22.3. The number of piperidine rings is 1. The zero-order chi connectivity index (χ0) is 23.5. The lowest BCUT2D eigenvalue weighted by atomic mass is 9.87. The summed E-state index contributed by atoms with van der Waals surface area (Å²) in [4.78, 5) is 16.1. The quantitative estimate of drug-likeness (QED) is 0.394. The normalized spacial score (nSPS) is 18.3. The Labute approximate surface area is 200 Å². The van der Waals surface area contributed by atoms with Crippen LogP contribution >= 0.6 is 11.3 Å². The summed E-state index contributed by atoms with van der Waals surface area (Å²) in [6.45, 7) is 6.34. The maximum Gasteiger partial charge on any atom is 0.225 e. The topological polar surface area (TPSA) is 94.7 Å². The summed E-state index contributed by atoms with van der Waals surface area (Å²) in [6, 6.07) is 4.62. The average Bonchev–Trinajstić information content (AvgIpc) is 3.56. The van der Waals surface area contributed by atoms with Crippen molar-refractivity contribution in [3.63, 3.8) is 0 Å². The third-order valence-corrected chi connectivity index (χ3v) is 7.10. The maximum absolute atomic E-state index is 14.5. The fourth-order valence-corrected chi connectivity index (χ4v) is 5.20. The molecule has 0 unspecified atom stereocenters. The van der Waals surface area contributed by atoms with E-state index in [4.69, 9.17) is 9.72 Å². The molecule has 3 aromatic heterocycles. The van der Waals surface area contributed by atoms with Crippen LogP contribution < -0.4 is 9.64 Å². The van der Waals surface area contributed by atoms with Gasteiger partial charge in [-0.2, -0.15) is 0 Å². The summed E-state index contributed by atoms with van der Waals surface area (Å²) in [5.41, 5.74) is 2.47. The van der Waals surface area contributed by atoms with E-state index in [1.54, 1.807) is 23.5 Å². The van der Waals surface area contributed by atoms with Gasteiger partial charge in [-0.15, -0.1) is 16.4 Å². The molecule has 0 radical (unpaired) electrons. The summed E-state index contributed by atoms with van der Waals surface area (Å²) in [6.07, 6.45) is 7.16. The lowest BCUT2D eigenvalue weighted by Gasteiger charge is -2.36. The molecule has 176 valence electrons. The largest absolute Gasteiger partial charge is 0.484 e. The first-order valence-electron chi connectivity index (χ1n) is 11.3. The fraction of sp³-hybridized carbons (Fsp3) is 0.391. The van der Waals surface area contributed by atoms with Crippen molar-refractivity contribution in [2.75, 3.05) is 18.0 Å². The van der Waals surface area contributed by atoms with Crippen LogP contribution in [0.4, 0.5) is 10.3 Å². The summed E-state index contributed by atoms with van der Waals surface area (Å²) >= 11 is 1.64. The van der Waals surface area contributed by atoms with E-state index in [9.17, 15) is 4.39 Å². The van der Waals surface area contributed by atoms with Crippen LogP contribution in [0.25, 0.3) is 5.69 Å². The minimum Gasteiger partial charge on any atom is -0.484 e. The smallest absolute Gasteiger partial charge is 0.225 e. The molecular formula is C23H25FN8OS. The van der Waals surface area contributed by atoms with Crippen LogP contribution in [0, 0.1) is 11.7 Å². The van der Waals surface area contributed by atoms with Gasteiger partial charge in [-0.05, 0) is 46.9 Å². The van der Waals surface area contributed by atoms with Crippen LogP contribution in [-0.2, 0) is 13.0 Å². The molecule has 0 spiro atoms. The molecule has 4 aromatic rings. The van der Waals surface area contributed by atoms with Gasteiger partial charge in [0.25, 0.3) is 0 Å². The number of aryl methyl sites for hydroxylation is 1. The predicted molar refractivity (Wildman–Crippen MR) is 126 cm³/mol. The molecule has 0 N–H and O–H groups in total. The SMILES string of the molecule is CCc1cnc(N2CC[C@@H](c3nc(COc4ccc(-n5cnnn5)cc4F)cs3)[C@@H](C)C2)nc1. The van der Waals surface area contributed by atoms with Crippen LogP contribution in [0.5, 0.6) is 5.75 Å². The van der Waals surface area contributed by atoms with Crippen molar-refractivity contribution in [2.45, 2.75) is 39.2 Å². The average molecular weight is 481 g/mol. The van der Waals surface area contributed by atoms with E-state index in [1.807, 2.05) is 17.8 Å². The highest BCUT2D eigenvalue weighted by atomic mass is 32.1. The second-order valence-electron chi connectivity index (χ2n) is 8.40. The standard InChI is InChI=1S/C23H25FN8OS/c1-3-16-9-25-23(26-10-16)31-7-6-19(15(2)11-31)22-28-17(13-34-22)12-33-21-5-4-18(8-20(21)24)32-14-27-29-30-32/h4-5,8-10,13-15,19H,3,6-7,11-12H2,1-2H3/t15-,19+/m0/s1. The van der Waals surface area contributed by atoms with Gasteiger partial charge in [-0.25, -0.2) is 24.0 Å². The number of halogens is 1. The van der Waals surface area contributed by atoms with Gasteiger partial charge in [-0.1, -0.05) is 13.8 Å². The van der Waals surface area contributed by atoms with E-state index in [2.05, 4.69) is 44.2 Å². The molecular weight excluding hydrogens is 455 g/mol. The Morgan fingerprint density at radius 1 is 1.24 bits per heavy atom. The van der Waals surface area contributed by atoms with E-state index in [-0.39, 0.29) is 12.4 Å². The lowest BCUT2D eigenvalue weighted by Crippen LogP contribution is -2.39. The number of benzene rings is 1. The van der Waals surface area contributed by atoms with Gasteiger partial charge in [0.15, 0.2) is 11.6 Å². The molecule has 34 heavy (non-hydrogen) atoms. The number of tetrazole rings is 1. The Kier molecular flexibility index (Phi) is 6.43. The molecule has 9 nitrogen and oxygen atoms in total. The number of anilines is 1. The number of hydrogen-bond donors (Lipinski definition) is 0. The number of aromatic nitrogens is 7. The number of nitrogens with zero attached hydrogens (tertiary/aromatic N) is 8. The third kappa shape index (κ3) is 4.74. The van der Waals surface area contributed by atoms with Gasteiger partial charge in [-0.3, -0.25) is 0 Å². The molecule has 0 aliphatic carbocycles. The molecule has 11 heteroatoms. The highest BCUT2D eigenvalue weighted by Crippen LogP contribution is 2.35. The zero-order valence-electron chi connectivity index (χ0n) is 19.0. The zero-order valence-corrected chi connectivity index (χ0v) is 19.8. The summed E-state index contributed by atoms with van der Waals surface area (Å²) in [7, 11) is 0. The van der Waals surface area contributed by atoms with Crippen molar-refractivity contribution in [2.24, 2.45) is 5.92 Å².